The lowest BCUT2D eigenvalue weighted by atomic mass is 10.0. The molecule has 0 bridgehead atoms. The van der Waals surface area contributed by atoms with Crippen molar-refractivity contribution in [3.63, 3.8) is 0 Å². The second kappa shape index (κ2) is 11.0. The Hall–Kier alpha value is -4.68. The van der Waals surface area contributed by atoms with Crippen LogP contribution in [0, 0.1) is 0 Å². The fraction of sp³-hybridized carbons (Fsp3) is 0.231. The number of nitrogens with zero attached hydrogens (tertiary/aromatic N) is 3. The van der Waals surface area contributed by atoms with E-state index in [1.165, 1.54) is 30.2 Å². The maximum absolute atomic E-state index is 13.9. The van der Waals surface area contributed by atoms with Gasteiger partial charge >= 0.3 is 6.18 Å². The number of ether oxygens (including phenoxy) is 1. The molecule has 2 heterocycles. The van der Waals surface area contributed by atoms with Crippen LogP contribution in [0.2, 0.25) is 0 Å². The third-order valence-corrected chi connectivity index (χ3v) is 6.06. The maximum Gasteiger partial charge on any atom is 0.421 e. The molecule has 1 aromatic heterocycles. The van der Waals surface area contributed by atoms with Crippen LogP contribution in [0.15, 0.2) is 55.3 Å². The number of hydrogen-bond acceptors (Lipinski definition) is 7. The second-order valence-corrected chi connectivity index (χ2v) is 8.45. The standard InChI is InChI=1S/C26H24F4N6O3/c1-4-21(37)32-15-8-9-18(20(12-15)39-3)34-25-31-13-17(26(28,29)30)23(35-25)33-19-7-5-6-16-14(2)36(11-10-27)24(38)22(16)19/h4-9,12-14H,1,10-11H2,2-3H3,(H,32,37)(H2,31,33,34,35). The first-order valence-corrected chi connectivity index (χ1v) is 11.7. The molecule has 2 amide bonds. The number of halogens is 4. The van der Waals surface area contributed by atoms with Crippen LogP contribution in [0.5, 0.6) is 5.75 Å². The van der Waals surface area contributed by atoms with Crippen LogP contribution in [0.1, 0.15) is 34.5 Å². The largest absolute Gasteiger partial charge is 0.494 e. The van der Waals surface area contributed by atoms with Gasteiger partial charge in [0, 0.05) is 24.5 Å². The number of alkyl halides is 4. The van der Waals surface area contributed by atoms with Gasteiger partial charge in [0.15, 0.2) is 0 Å². The fourth-order valence-electron chi connectivity index (χ4n) is 4.19. The average Bonchev–Trinajstić information content (AvgIpc) is 3.14. The molecule has 3 aromatic rings. The molecule has 1 aliphatic rings. The number of rotatable bonds is 9. The molecule has 9 nitrogen and oxygen atoms in total. The summed E-state index contributed by atoms with van der Waals surface area (Å²) in [6, 6.07) is 8.84. The zero-order valence-electron chi connectivity index (χ0n) is 20.9. The molecule has 2 aromatic carbocycles. The Kier molecular flexibility index (Phi) is 7.70. The van der Waals surface area contributed by atoms with Gasteiger partial charge in [-0.25, -0.2) is 9.37 Å². The fourth-order valence-corrected chi connectivity index (χ4v) is 4.19. The minimum absolute atomic E-state index is 0.0979. The molecule has 0 fully saturated rings. The number of hydrogen-bond donors (Lipinski definition) is 3. The first-order chi connectivity index (χ1) is 18.6. The van der Waals surface area contributed by atoms with Gasteiger partial charge in [-0.15, -0.1) is 0 Å². The predicted octanol–water partition coefficient (Wildman–Crippen LogP) is 5.60. The number of benzene rings is 2. The zero-order chi connectivity index (χ0) is 28.3. The molecule has 0 saturated carbocycles. The summed E-state index contributed by atoms with van der Waals surface area (Å²) < 4.78 is 59.9. The summed E-state index contributed by atoms with van der Waals surface area (Å²) in [6.07, 6.45) is -3.09. The molecule has 3 N–H and O–H groups in total. The van der Waals surface area contributed by atoms with E-state index in [4.69, 9.17) is 4.74 Å². The highest BCUT2D eigenvalue weighted by Crippen LogP contribution is 2.40. The van der Waals surface area contributed by atoms with Gasteiger partial charge in [0.05, 0.1) is 30.1 Å². The van der Waals surface area contributed by atoms with Gasteiger partial charge in [0.1, 0.15) is 23.8 Å². The SMILES string of the molecule is C=CC(=O)Nc1ccc(Nc2ncc(C(F)(F)F)c(Nc3cccc4c3C(=O)N(CCF)C4C)n2)c(OC)c1. The predicted molar refractivity (Wildman–Crippen MR) is 137 cm³/mol. The molecule has 0 radical (unpaired) electrons. The molecule has 1 atom stereocenters. The van der Waals surface area contributed by atoms with Crippen LogP contribution in [0.3, 0.4) is 0 Å². The molecular formula is C26H24F4N6O3. The molecule has 0 spiro atoms. The van der Waals surface area contributed by atoms with E-state index in [9.17, 15) is 27.2 Å². The van der Waals surface area contributed by atoms with Gasteiger partial charge in [0.25, 0.3) is 5.91 Å². The number of carbonyl (C=O) groups is 2. The van der Waals surface area contributed by atoms with Crippen LogP contribution in [0.25, 0.3) is 0 Å². The Morgan fingerprint density at radius 3 is 2.64 bits per heavy atom. The van der Waals surface area contributed by atoms with Crippen LogP contribution in [-0.2, 0) is 11.0 Å². The lowest BCUT2D eigenvalue weighted by molar-refractivity contribution is -0.137. The minimum Gasteiger partial charge on any atom is -0.494 e. The van der Waals surface area contributed by atoms with Gasteiger partial charge in [-0.2, -0.15) is 18.2 Å². The smallest absolute Gasteiger partial charge is 0.421 e. The van der Waals surface area contributed by atoms with Crippen molar-refractivity contribution in [1.29, 1.82) is 0 Å². The highest BCUT2D eigenvalue weighted by atomic mass is 19.4. The molecule has 0 aliphatic carbocycles. The van der Waals surface area contributed by atoms with Crippen LogP contribution < -0.4 is 20.7 Å². The molecule has 204 valence electrons. The number of amides is 2. The first-order valence-electron chi connectivity index (χ1n) is 11.7. The highest BCUT2D eigenvalue weighted by molar-refractivity contribution is 6.04. The van der Waals surface area contributed by atoms with Crippen molar-refractivity contribution in [2.24, 2.45) is 0 Å². The van der Waals surface area contributed by atoms with Crippen LogP contribution >= 0.6 is 0 Å². The van der Waals surface area contributed by atoms with E-state index in [0.29, 0.717) is 23.1 Å². The molecule has 1 aliphatic heterocycles. The van der Waals surface area contributed by atoms with E-state index in [1.54, 1.807) is 25.1 Å². The summed E-state index contributed by atoms with van der Waals surface area (Å²) in [6.45, 7) is 4.21. The second-order valence-electron chi connectivity index (χ2n) is 8.45. The zero-order valence-corrected chi connectivity index (χ0v) is 20.9. The number of methoxy groups -OCH3 is 1. The summed E-state index contributed by atoms with van der Waals surface area (Å²) >= 11 is 0. The Labute approximate surface area is 220 Å². The third-order valence-electron chi connectivity index (χ3n) is 6.06. The van der Waals surface area contributed by atoms with E-state index in [0.717, 1.165) is 6.08 Å². The van der Waals surface area contributed by atoms with Crippen molar-refractivity contribution in [2.75, 3.05) is 36.3 Å². The van der Waals surface area contributed by atoms with Crippen molar-refractivity contribution in [1.82, 2.24) is 14.9 Å². The molecular weight excluding hydrogens is 520 g/mol. The van der Waals surface area contributed by atoms with Gasteiger partial charge in [-0.05, 0) is 36.8 Å². The summed E-state index contributed by atoms with van der Waals surface area (Å²) in [7, 11) is 1.38. The van der Waals surface area contributed by atoms with E-state index >= 15 is 0 Å². The Bertz CT molecular complexity index is 1430. The molecule has 39 heavy (non-hydrogen) atoms. The molecule has 1 unspecified atom stereocenters. The van der Waals surface area contributed by atoms with Crippen molar-refractivity contribution in [3.8, 4) is 5.75 Å². The highest BCUT2D eigenvalue weighted by Gasteiger charge is 2.38. The van der Waals surface area contributed by atoms with Crippen molar-refractivity contribution in [2.45, 2.75) is 19.1 Å². The quantitative estimate of drug-likeness (QED) is 0.238. The summed E-state index contributed by atoms with van der Waals surface area (Å²) in [5, 5.41) is 8.03. The number of carbonyl (C=O) groups excluding carboxylic acids is 2. The third kappa shape index (κ3) is 5.61. The number of nitrogens with one attached hydrogen (secondary N) is 3. The van der Waals surface area contributed by atoms with E-state index < -0.39 is 42.1 Å². The van der Waals surface area contributed by atoms with Crippen molar-refractivity contribution < 1.29 is 31.9 Å². The summed E-state index contributed by atoms with van der Waals surface area (Å²) in [5.74, 6) is -1.46. The number of fused-ring (bicyclic) bond motifs is 1. The molecule has 4 rings (SSSR count). The average molecular weight is 545 g/mol. The van der Waals surface area contributed by atoms with Gasteiger partial charge in [-0.1, -0.05) is 18.7 Å². The van der Waals surface area contributed by atoms with Gasteiger partial charge in [-0.3, -0.25) is 9.59 Å². The van der Waals surface area contributed by atoms with E-state index in [2.05, 4.69) is 32.5 Å². The molecule has 13 heteroatoms. The summed E-state index contributed by atoms with van der Waals surface area (Å²) in [4.78, 5) is 33.7. The Morgan fingerprint density at radius 2 is 1.97 bits per heavy atom. The first kappa shape index (κ1) is 27.4. The summed E-state index contributed by atoms with van der Waals surface area (Å²) in [5.41, 5.74) is 0.370. The lowest BCUT2D eigenvalue weighted by Crippen LogP contribution is -2.28. The van der Waals surface area contributed by atoms with Crippen LogP contribution in [0.4, 0.5) is 46.4 Å². The lowest BCUT2D eigenvalue weighted by Gasteiger charge is -2.20. The van der Waals surface area contributed by atoms with Crippen molar-refractivity contribution in [3.05, 3.63) is 71.9 Å². The Morgan fingerprint density at radius 1 is 1.21 bits per heavy atom. The maximum atomic E-state index is 13.9. The minimum atomic E-state index is -4.81. The van der Waals surface area contributed by atoms with Gasteiger partial charge in [0.2, 0.25) is 11.9 Å². The van der Waals surface area contributed by atoms with Gasteiger partial charge < -0.3 is 25.6 Å². The van der Waals surface area contributed by atoms with E-state index in [-0.39, 0.29) is 29.5 Å². The van der Waals surface area contributed by atoms with Crippen LogP contribution in [-0.4, -0.2) is 47.0 Å². The van der Waals surface area contributed by atoms with E-state index in [1.807, 2.05) is 0 Å². The molecule has 0 saturated heterocycles. The topological polar surface area (TPSA) is 108 Å². The number of anilines is 5. The monoisotopic (exact) mass is 544 g/mol. The normalized spacial score (nSPS) is 14.6. The number of aromatic nitrogens is 2. The Balaban J connectivity index is 1.69. The van der Waals surface area contributed by atoms with Crippen molar-refractivity contribution >= 4 is 40.6 Å².